The molecule has 9 nitrogen and oxygen atoms in total. The van der Waals surface area contributed by atoms with Crippen molar-refractivity contribution >= 4 is 27.3 Å². The average molecular weight is 554 g/mol. The van der Waals surface area contributed by atoms with E-state index in [4.69, 9.17) is 14.2 Å². The summed E-state index contributed by atoms with van der Waals surface area (Å²) >= 11 is 0. The first kappa shape index (κ1) is 28.3. The summed E-state index contributed by atoms with van der Waals surface area (Å²) in [6, 6.07) is 17.8. The van der Waals surface area contributed by atoms with Crippen molar-refractivity contribution in [2.24, 2.45) is 0 Å². The van der Waals surface area contributed by atoms with Gasteiger partial charge in [0.25, 0.3) is 0 Å². The number of ether oxygens (including phenoxy) is 3. The Labute approximate surface area is 230 Å². The monoisotopic (exact) mass is 553 g/mol. The molecule has 0 aromatic heterocycles. The number of rotatable bonds is 12. The van der Waals surface area contributed by atoms with Crippen molar-refractivity contribution in [2.45, 2.75) is 30.6 Å². The van der Waals surface area contributed by atoms with Crippen molar-refractivity contribution in [1.82, 2.24) is 4.72 Å². The van der Waals surface area contributed by atoms with Crippen LogP contribution in [0.5, 0.6) is 17.2 Å². The van der Waals surface area contributed by atoms with Gasteiger partial charge in [0.05, 0.1) is 33.4 Å². The lowest BCUT2D eigenvalue weighted by molar-refractivity contribution is -0.115. The number of carbonyl (C=O) groups is 1. The molecule has 0 bridgehead atoms. The molecule has 1 aliphatic rings. The van der Waals surface area contributed by atoms with Crippen LogP contribution in [-0.2, 0) is 27.7 Å². The molecule has 0 radical (unpaired) electrons. The SMILES string of the molecule is COc1ccc(CC(=O)Nc2ccc(N3CCCC3)c(S(=O)(=O)NCCc3ccc(OC)c(OC)c3)c2)cc1. The van der Waals surface area contributed by atoms with E-state index in [0.29, 0.717) is 35.0 Å². The minimum atomic E-state index is -3.86. The number of methoxy groups -OCH3 is 3. The quantitative estimate of drug-likeness (QED) is 0.349. The van der Waals surface area contributed by atoms with Gasteiger partial charge in [-0.2, -0.15) is 0 Å². The smallest absolute Gasteiger partial charge is 0.242 e. The van der Waals surface area contributed by atoms with Crippen LogP contribution >= 0.6 is 0 Å². The predicted molar refractivity (Wildman–Crippen MR) is 152 cm³/mol. The van der Waals surface area contributed by atoms with Gasteiger partial charge < -0.3 is 24.4 Å². The number of sulfonamides is 1. The van der Waals surface area contributed by atoms with Crippen molar-refractivity contribution in [3.8, 4) is 17.2 Å². The minimum Gasteiger partial charge on any atom is -0.497 e. The number of anilines is 2. The number of hydrogen-bond acceptors (Lipinski definition) is 7. The first-order chi connectivity index (χ1) is 18.8. The second-order valence-electron chi connectivity index (χ2n) is 9.29. The molecule has 0 unspecified atom stereocenters. The topological polar surface area (TPSA) is 106 Å². The summed E-state index contributed by atoms with van der Waals surface area (Å²) in [6.07, 6.45) is 2.64. The highest BCUT2D eigenvalue weighted by molar-refractivity contribution is 7.89. The number of carbonyl (C=O) groups excluding carboxylic acids is 1. The maximum Gasteiger partial charge on any atom is 0.242 e. The van der Waals surface area contributed by atoms with Crippen molar-refractivity contribution in [2.75, 3.05) is 51.2 Å². The highest BCUT2D eigenvalue weighted by Gasteiger charge is 2.24. The van der Waals surface area contributed by atoms with Gasteiger partial charge in [0.15, 0.2) is 11.5 Å². The third-order valence-corrected chi connectivity index (χ3v) is 8.15. The van der Waals surface area contributed by atoms with Gasteiger partial charge in [-0.3, -0.25) is 4.79 Å². The van der Waals surface area contributed by atoms with Crippen LogP contribution in [0, 0.1) is 0 Å². The summed E-state index contributed by atoms with van der Waals surface area (Å²) in [5.41, 5.74) is 2.80. The molecule has 1 heterocycles. The van der Waals surface area contributed by atoms with E-state index in [-0.39, 0.29) is 23.8 Å². The Morgan fingerprint density at radius 3 is 2.21 bits per heavy atom. The van der Waals surface area contributed by atoms with E-state index in [2.05, 4.69) is 14.9 Å². The zero-order valence-corrected chi connectivity index (χ0v) is 23.3. The molecule has 1 aliphatic heterocycles. The van der Waals surface area contributed by atoms with Crippen LogP contribution in [0.4, 0.5) is 11.4 Å². The van der Waals surface area contributed by atoms with Gasteiger partial charge in [0.2, 0.25) is 15.9 Å². The third-order valence-electron chi connectivity index (χ3n) is 6.66. The normalized spacial score (nSPS) is 13.3. The van der Waals surface area contributed by atoms with E-state index in [1.165, 1.54) is 6.07 Å². The lowest BCUT2D eigenvalue weighted by atomic mass is 10.1. The molecular weight excluding hydrogens is 518 g/mol. The first-order valence-corrected chi connectivity index (χ1v) is 14.3. The van der Waals surface area contributed by atoms with Crippen LogP contribution in [0.1, 0.15) is 24.0 Å². The molecule has 10 heteroatoms. The Hall–Kier alpha value is -3.76. The number of nitrogens with zero attached hydrogens (tertiary/aromatic N) is 1. The van der Waals surface area contributed by atoms with Crippen LogP contribution in [0.2, 0.25) is 0 Å². The molecule has 39 heavy (non-hydrogen) atoms. The number of hydrogen-bond donors (Lipinski definition) is 2. The maximum atomic E-state index is 13.5. The molecule has 3 aromatic rings. The summed E-state index contributed by atoms with van der Waals surface area (Å²) in [5.74, 6) is 1.68. The van der Waals surface area contributed by atoms with Gasteiger partial charge in [0, 0.05) is 25.3 Å². The lowest BCUT2D eigenvalue weighted by Gasteiger charge is -2.22. The third kappa shape index (κ3) is 7.21. The highest BCUT2D eigenvalue weighted by atomic mass is 32.2. The van der Waals surface area contributed by atoms with Gasteiger partial charge in [-0.15, -0.1) is 0 Å². The fraction of sp³-hybridized carbons (Fsp3) is 0.345. The minimum absolute atomic E-state index is 0.152. The lowest BCUT2D eigenvalue weighted by Crippen LogP contribution is -2.29. The number of amides is 1. The zero-order chi connectivity index (χ0) is 27.8. The maximum absolute atomic E-state index is 13.5. The van der Waals surface area contributed by atoms with Crippen molar-refractivity contribution in [3.05, 3.63) is 71.8 Å². The summed E-state index contributed by atoms with van der Waals surface area (Å²) in [5, 5.41) is 2.85. The van der Waals surface area contributed by atoms with Crippen molar-refractivity contribution in [1.29, 1.82) is 0 Å². The molecule has 4 rings (SSSR count). The van der Waals surface area contributed by atoms with E-state index >= 15 is 0 Å². The largest absolute Gasteiger partial charge is 0.497 e. The fourth-order valence-corrected chi connectivity index (χ4v) is 5.88. The average Bonchev–Trinajstić information content (AvgIpc) is 3.48. The highest BCUT2D eigenvalue weighted by Crippen LogP contribution is 2.31. The Morgan fingerprint density at radius 2 is 1.54 bits per heavy atom. The molecule has 0 spiro atoms. The zero-order valence-electron chi connectivity index (χ0n) is 22.5. The summed E-state index contributed by atoms with van der Waals surface area (Å²) in [6.45, 7) is 1.78. The number of nitrogens with one attached hydrogen (secondary N) is 2. The van der Waals surface area contributed by atoms with Gasteiger partial charge in [-0.1, -0.05) is 18.2 Å². The van der Waals surface area contributed by atoms with Gasteiger partial charge in [-0.25, -0.2) is 13.1 Å². The molecule has 0 saturated carbocycles. The summed E-state index contributed by atoms with van der Waals surface area (Å²) in [4.78, 5) is 15.0. The Bertz CT molecular complexity index is 1390. The van der Waals surface area contributed by atoms with Crippen molar-refractivity contribution < 1.29 is 27.4 Å². The van der Waals surface area contributed by atoms with E-state index in [0.717, 1.165) is 37.1 Å². The molecule has 0 atom stereocenters. The summed E-state index contributed by atoms with van der Waals surface area (Å²) < 4.78 is 45.5. The fourth-order valence-electron chi connectivity index (χ4n) is 4.60. The van der Waals surface area contributed by atoms with Crippen LogP contribution < -0.4 is 29.1 Å². The van der Waals surface area contributed by atoms with Gasteiger partial charge in [-0.05, 0) is 72.9 Å². The van der Waals surface area contributed by atoms with E-state index < -0.39 is 10.0 Å². The van der Waals surface area contributed by atoms with Gasteiger partial charge in [0.1, 0.15) is 10.6 Å². The molecular formula is C29H35N3O6S. The van der Waals surface area contributed by atoms with Gasteiger partial charge >= 0.3 is 0 Å². The Morgan fingerprint density at radius 1 is 0.846 bits per heavy atom. The molecule has 1 amide bonds. The summed E-state index contributed by atoms with van der Waals surface area (Å²) in [7, 11) is 0.854. The van der Waals surface area contributed by atoms with E-state index in [1.54, 1.807) is 51.7 Å². The standard InChI is InChI=1S/C29H35N3O6S/c1-36-24-10-6-21(7-11-24)19-29(33)31-23-9-12-25(32-16-4-5-17-32)28(20-23)39(34,35)30-15-14-22-8-13-26(37-2)27(18-22)38-3/h6-13,18,20,30H,4-5,14-17,19H2,1-3H3,(H,31,33). The molecule has 3 aromatic carbocycles. The molecule has 2 N–H and O–H groups in total. The molecule has 208 valence electrons. The molecule has 1 fully saturated rings. The predicted octanol–water partition coefficient (Wildman–Crippen LogP) is 4.01. The van der Waals surface area contributed by atoms with Crippen LogP contribution in [0.25, 0.3) is 0 Å². The van der Waals surface area contributed by atoms with Crippen molar-refractivity contribution in [3.63, 3.8) is 0 Å². The van der Waals surface area contributed by atoms with Crippen LogP contribution in [-0.4, -0.2) is 55.3 Å². The molecule has 1 saturated heterocycles. The van der Waals surface area contributed by atoms with E-state index in [1.807, 2.05) is 24.3 Å². The molecule has 0 aliphatic carbocycles. The second-order valence-corrected chi connectivity index (χ2v) is 11.0. The van der Waals surface area contributed by atoms with Crippen LogP contribution in [0.15, 0.2) is 65.6 Å². The number of benzene rings is 3. The first-order valence-electron chi connectivity index (χ1n) is 12.9. The Balaban J connectivity index is 1.49. The van der Waals surface area contributed by atoms with E-state index in [9.17, 15) is 13.2 Å². The second kappa shape index (κ2) is 12.9. The Kier molecular flexibility index (Phi) is 9.32. The van der Waals surface area contributed by atoms with Crippen LogP contribution in [0.3, 0.4) is 0 Å².